The summed E-state index contributed by atoms with van der Waals surface area (Å²) in [5, 5.41) is 20.9. The standard InChI is InChI=1S/C19H16N6O3S/c1-11(2)24-17-13(9-21-24)6-14(8-20-17)18(26)23-19-22-16(10-29-19)12-4-3-5-15(7-12)25(27)28/h3-11H,1-2H3,(H,22,23,26). The molecule has 0 aliphatic rings. The number of hydrogen-bond acceptors (Lipinski definition) is 7. The molecule has 0 aliphatic carbocycles. The highest BCUT2D eigenvalue weighted by Gasteiger charge is 2.14. The number of nitro groups is 1. The van der Waals surface area contributed by atoms with Gasteiger partial charge in [0.15, 0.2) is 10.8 Å². The molecule has 0 atom stereocenters. The molecule has 0 radical (unpaired) electrons. The Kier molecular flexibility index (Phi) is 4.77. The van der Waals surface area contributed by atoms with Gasteiger partial charge >= 0.3 is 0 Å². The van der Waals surface area contributed by atoms with E-state index < -0.39 is 4.92 Å². The lowest BCUT2D eigenvalue weighted by Crippen LogP contribution is -2.12. The first-order valence-electron chi connectivity index (χ1n) is 8.77. The Morgan fingerprint density at radius 2 is 2.10 bits per heavy atom. The van der Waals surface area contributed by atoms with Gasteiger partial charge in [0.1, 0.15) is 0 Å². The summed E-state index contributed by atoms with van der Waals surface area (Å²) < 4.78 is 1.79. The van der Waals surface area contributed by atoms with E-state index in [2.05, 4.69) is 20.4 Å². The Balaban J connectivity index is 1.54. The van der Waals surface area contributed by atoms with Crippen LogP contribution in [-0.2, 0) is 0 Å². The SMILES string of the molecule is CC(C)n1ncc2cc(C(=O)Nc3nc(-c4cccc([N+](=O)[O-])c4)cs3)cnc21. The Morgan fingerprint density at radius 3 is 2.86 bits per heavy atom. The monoisotopic (exact) mass is 408 g/mol. The average Bonchev–Trinajstić information content (AvgIpc) is 3.34. The van der Waals surface area contributed by atoms with Gasteiger partial charge in [-0.1, -0.05) is 12.1 Å². The number of amides is 1. The normalized spacial score (nSPS) is 11.1. The first-order chi connectivity index (χ1) is 13.9. The minimum atomic E-state index is -0.455. The molecular weight excluding hydrogens is 392 g/mol. The quantitative estimate of drug-likeness (QED) is 0.389. The highest BCUT2D eigenvalue weighted by molar-refractivity contribution is 7.14. The van der Waals surface area contributed by atoms with Crippen molar-refractivity contribution in [3.05, 3.63) is 63.8 Å². The second-order valence-corrected chi connectivity index (χ2v) is 7.48. The van der Waals surface area contributed by atoms with Crippen LogP contribution in [0.5, 0.6) is 0 Å². The van der Waals surface area contributed by atoms with Gasteiger partial charge in [0.05, 0.1) is 22.4 Å². The summed E-state index contributed by atoms with van der Waals surface area (Å²) in [5.41, 5.74) is 2.27. The topological polar surface area (TPSA) is 116 Å². The second-order valence-electron chi connectivity index (χ2n) is 6.62. The zero-order chi connectivity index (χ0) is 20.5. The molecule has 0 fully saturated rings. The van der Waals surface area contributed by atoms with Crippen molar-refractivity contribution in [2.45, 2.75) is 19.9 Å². The molecule has 4 aromatic rings. The van der Waals surface area contributed by atoms with Crippen LogP contribution in [0.4, 0.5) is 10.8 Å². The molecule has 10 heteroatoms. The van der Waals surface area contributed by atoms with Gasteiger partial charge in [0.2, 0.25) is 0 Å². The summed E-state index contributed by atoms with van der Waals surface area (Å²) in [4.78, 5) is 31.8. The van der Waals surface area contributed by atoms with Gasteiger partial charge in [-0.25, -0.2) is 14.6 Å². The maximum atomic E-state index is 12.6. The number of carbonyl (C=O) groups is 1. The maximum Gasteiger partial charge on any atom is 0.270 e. The van der Waals surface area contributed by atoms with E-state index in [1.807, 2.05) is 13.8 Å². The Hall–Kier alpha value is -3.66. The molecular formula is C19H16N6O3S. The second kappa shape index (κ2) is 7.40. The minimum absolute atomic E-state index is 0.0117. The molecule has 1 aromatic carbocycles. The number of nitro benzene ring substituents is 1. The van der Waals surface area contributed by atoms with E-state index in [-0.39, 0.29) is 17.6 Å². The number of nitrogens with zero attached hydrogens (tertiary/aromatic N) is 5. The van der Waals surface area contributed by atoms with Crippen molar-refractivity contribution in [3.63, 3.8) is 0 Å². The molecule has 0 unspecified atom stereocenters. The van der Waals surface area contributed by atoms with Gasteiger partial charge in [-0.15, -0.1) is 11.3 Å². The number of nitrogens with one attached hydrogen (secondary N) is 1. The largest absolute Gasteiger partial charge is 0.298 e. The number of non-ortho nitro benzene ring substituents is 1. The fraction of sp³-hybridized carbons (Fsp3) is 0.158. The van der Waals surface area contributed by atoms with Gasteiger partial charge in [-0.2, -0.15) is 5.10 Å². The number of benzene rings is 1. The molecule has 3 heterocycles. The van der Waals surface area contributed by atoms with Gasteiger partial charge in [-0.05, 0) is 19.9 Å². The van der Waals surface area contributed by atoms with Crippen LogP contribution in [0.15, 0.2) is 48.1 Å². The lowest BCUT2D eigenvalue weighted by molar-refractivity contribution is -0.384. The Morgan fingerprint density at radius 1 is 1.28 bits per heavy atom. The molecule has 146 valence electrons. The van der Waals surface area contributed by atoms with Gasteiger partial charge < -0.3 is 0 Å². The molecule has 0 saturated carbocycles. The molecule has 0 bridgehead atoms. The average molecular weight is 408 g/mol. The molecule has 9 nitrogen and oxygen atoms in total. The smallest absolute Gasteiger partial charge is 0.270 e. The van der Waals surface area contributed by atoms with Crippen LogP contribution in [0.1, 0.15) is 30.2 Å². The van der Waals surface area contributed by atoms with Crippen molar-refractivity contribution in [3.8, 4) is 11.3 Å². The van der Waals surface area contributed by atoms with Crippen molar-refractivity contribution in [2.24, 2.45) is 0 Å². The van der Waals surface area contributed by atoms with E-state index >= 15 is 0 Å². The van der Waals surface area contributed by atoms with Gasteiger partial charge in [0, 0.05) is 40.7 Å². The summed E-state index contributed by atoms with van der Waals surface area (Å²) in [6.07, 6.45) is 3.19. The molecule has 0 spiro atoms. The predicted molar refractivity (Wildman–Crippen MR) is 110 cm³/mol. The number of aromatic nitrogens is 4. The first kappa shape index (κ1) is 18.7. The highest BCUT2D eigenvalue weighted by atomic mass is 32.1. The number of thiazole rings is 1. The van der Waals surface area contributed by atoms with Crippen LogP contribution in [0.3, 0.4) is 0 Å². The van der Waals surface area contributed by atoms with E-state index in [1.165, 1.54) is 29.7 Å². The molecule has 29 heavy (non-hydrogen) atoms. The number of hydrogen-bond donors (Lipinski definition) is 1. The number of carbonyl (C=O) groups excluding carboxylic acids is 1. The van der Waals surface area contributed by atoms with Crippen LogP contribution in [0.25, 0.3) is 22.3 Å². The maximum absolute atomic E-state index is 12.6. The molecule has 0 aliphatic heterocycles. The predicted octanol–water partition coefficient (Wildman–Crippen LogP) is 4.30. The third kappa shape index (κ3) is 3.69. The number of rotatable bonds is 5. The molecule has 4 rings (SSSR count). The lowest BCUT2D eigenvalue weighted by Gasteiger charge is -2.06. The van der Waals surface area contributed by atoms with Crippen LogP contribution < -0.4 is 5.32 Å². The lowest BCUT2D eigenvalue weighted by atomic mass is 10.1. The van der Waals surface area contributed by atoms with Crippen molar-refractivity contribution in [1.82, 2.24) is 19.7 Å². The highest BCUT2D eigenvalue weighted by Crippen LogP contribution is 2.28. The van der Waals surface area contributed by atoms with Crippen LogP contribution in [0, 0.1) is 10.1 Å². The van der Waals surface area contributed by atoms with Crippen molar-refractivity contribution < 1.29 is 9.72 Å². The van der Waals surface area contributed by atoms with Crippen molar-refractivity contribution in [2.75, 3.05) is 5.32 Å². The summed E-state index contributed by atoms with van der Waals surface area (Å²) in [6.45, 7) is 4.02. The fourth-order valence-electron chi connectivity index (χ4n) is 2.85. The van der Waals surface area contributed by atoms with E-state index in [0.717, 1.165) is 11.0 Å². The van der Waals surface area contributed by atoms with E-state index in [9.17, 15) is 14.9 Å². The van der Waals surface area contributed by atoms with Crippen molar-refractivity contribution in [1.29, 1.82) is 0 Å². The number of anilines is 1. The van der Waals surface area contributed by atoms with Crippen LogP contribution in [0.2, 0.25) is 0 Å². The van der Waals surface area contributed by atoms with Crippen molar-refractivity contribution >= 4 is 39.1 Å². The fourth-order valence-corrected chi connectivity index (χ4v) is 3.57. The minimum Gasteiger partial charge on any atom is -0.298 e. The first-order valence-corrected chi connectivity index (χ1v) is 9.65. The number of fused-ring (bicyclic) bond motifs is 1. The van der Waals surface area contributed by atoms with Crippen LogP contribution in [-0.4, -0.2) is 30.6 Å². The molecule has 1 N–H and O–H groups in total. The summed E-state index contributed by atoms with van der Waals surface area (Å²) >= 11 is 1.24. The molecule has 0 saturated heterocycles. The Labute approximate surface area is 169 Å². The zero-order valence-electron chi connectivity index (χ0n) is 15.6. The zero-order valence-corrected chi connectivity index (χ0v) is 16.4. The van der Waals surface area contributed by atoms with E-state index in [4.69, 9.17) is 0 Å². The Bertz CT molecular complexity index is 1230. The summed E-state index contributed by atoms with van der Waals surface area (Å²) in [5.74, 6) is -0.336. The van der Waals surface area contributed by atoms with Gasteiger partial charge in [-0.3, -0.25) is 20.2 Å². The van der Waals surface area contributed by atoms with Gasteiger partial charge in [0.25, 0.3) is 11.6 Å². The third-order valence-electron chi connectivity index (χ3n) is 4.26. The van der Waals surface area contributed by atoms with E-state index in [1.54, 1.807) is 34.5 Å². The molecule has 3 aromatic heterocycles. The van der Waals surface area contributed by atoms with E-state index in [0.29, 0.717) is 22.0 Å². The third-order valence-corrected chi connectivity index (χ3v) is 5.02. The van der Waals surface area contributed by atoms with Crippen LogP contribution >= 0.6 is 11.3 Å². The molecule has 1 amide bonds. The number of pyridine rings is 1. The summed E-state index contributed by atoms with van der Waals surface area (Å²) in [6, 6.07) is 8.11. The summed E-state index contributed by atoms with van der Waals surface area (Å²) in [7, 11) is 0.